The van der Waals surface area contributed by atoms with Crippen LogP contribution in [0.15, 0.2) is 30.6 Å². The normalized spacial score (nSPS) is 21.0. The topological polar surface area (TPSA) is 52.2 Å². The zero-order valence-corrected chi connectivity index (χ0v) is 16.6. The Balaban J connectivity index is 1.22. The molecule has 2 aromatic rings. The number of nitrogens with one attached hydrogen (secondary N) is 1. The Bertz CT molecular complexity index is 818. The lowest BCUT2D eigenvalue weighted by Crippen LogP contribution is -2.37. The fourth-order valence-corrected chi connectivity index (χ4v) is 4.72. The lowest BCUT2D eigenvalue weighted by molar-refractivity contribution is -0.130. The van der Waals surface area contributed by atoms with E-state index >= 15 is 0 Å². The molecule has 1 aromatic carbocycles. The van der Waals surface area contributed by atoms with Crippen molar-refractivity contribution in [1.29, 1.82) is 0 Å². The number of halogens is 2. The van der Waals surface area contributed by atoms with E-state index in [1.165, 1.54) is 0 Å². The maximum Gasteiger partial charge on any atom is 0.222 e. The van der Waals surface area contributed by atoms with Crippen molar-refractivity contribution in [2.24, 2.45) is 11.8 Å². The van der Waals surface area contributed by atoms with Crippen molar-refractivity contribution in [3.63, 3.8) is 0 Å². The summed E-state index contributed by atoms with van der Waals surface area (Å²) in [6, 6.07) is 4.39. The van der Waals surface area contributed by atoms with Gasteiger partial charge in [-0.05, 0) is 62.2 Å². The summed E-state index contributed by atoms with van der Waals surface area (Å²) in [4.78, 5) is 16.7. The minimum absolute atomic E-state index is 0.229. The second kappa shape index (κ2) is 9.03. The Morgan fingerprint density at radius 2 is 1.93 bits per heavy atom. The van der Waals surface area contributed by atoms with Crippen molar-refractivity contribution in [2.75, 3.05) is 26.2 Å². The molecule has 0 aliphatic carbocycles. The second-order valence-electron chi connectivity index (χ2n) is 8.32. The maximum atomic E-state index is 13.9. The molecule has 0 unspecified atom stereocenters. The molecule has 1 atom stereocenters. The van der Waals surface area contributed by atoms with Crippen LogP contribution in [0.2, 0.25) is 0 Å². The van der Waals surface area contributed by atoms with Gasteiger partial charge in [-0.2, -0.15) is 5.10 Å². The smallest absolute Gasteiger partial charge is 0.222 e. The maximum absolute atomic E-state index is 13.9. The number of H-pyrrole nitrogens is 1. The number of carbonyl (C=O) groups excluding carboxylic acids is 1. The zero-order chi connectivity index (χ0) is 20.2. The van der Waals surface area contributed by atoms with Gasteiger partial charge >= 0.3 is 0 Å². The van der Waals surface area contributed by atoms with Crippen molar-refractivity contribution < 1.29 is 13.6 Å². The Morgan fingerprint density at radius 1 is 1.14 bits per heavy atom. The number of aryl methyl sites for hydroxylation is 1. The molecule has 0 saturated carbocycles. The van der Waals surface area contributed by atoms with Gasteiger partial charge in [0.1, 0.15) is 0 Å². The van der Waals surface area contributed by atoms with Crippen LogP contribution in [0, 0.1) is 23.5 Å². The minimum atomic E-state index is -0.777. The van der Waals surface area contributed by atoms with Crippen molar-refractivity contribution in [3.8, 4) is 0 Å². The van der Waals surface area contributed by atoms with Crippen molar-refractivity contribution in [3.05, 3.63) is 53.4 Å². The first-order valence-electron chi connectivity index (χ1n) is 10.5. The summed E-state index contributed by atoms with van der Waals surface area (Å²) in [5.41, 5.74) is 1.50. The molecule has 2 fully saturated rings. The van der Waals surface area contributed by atoms with Crippen LogP contribution in [-0.2, 0) is 17.8 Å². The summed E-state index contributed by atoms with van der Waals surface area (Å²) in [5, 5.41) is 6.70. The van der Waals surface area contributed by atoms with E-state index in [4.69, 9.17) is 0 Å². The third-order valence-corrected chi connectivity index (χ3v) is 6.48. The summed E-state index contributed by atoms with van der Waals surface area (Å²) in [6.45, 7) is 3.95. The van der Waals surface area contributed by atoms with E-state index in [0.717, 1.165) is 63.5 Å². The molecule has 2 aliphatic heterocycles. The highest BCUT2D eigenvalue weighted by Crippen LogP contribution is 2.32. The predicted octanol–water partition coefficient (Wildman–Crippen LogP) is 3.38. The summed E-state index contributed by atoms with van der Waals surface area (Å²) in [6.07, 6.45) is 8.04. The molecular formula is C22H28F2N4O. The Hall–Kier alpha value is -2.28. The largest absolute Gasteiger partial charge is 0.342 e. The molecule has 1 N–H and O–H groups in total. The zero-order valence-electron chi connectivity index (χ0n) is 16.6. The molecule has 156 valence electrons. The SMILES string of the molecule is O=C(CCc1cn[nH]c1)N1CC[C@H](C2CCN(Cc3cccc(F)c3F)CC2)C1. The van der Waals surface area contributed by atoms with E-state index in [1.54, 1.807) is 18.3 Å². The average molecular weight is 402 g/mol. The van der Waals surface area contributed by atoms with Crippen molar-refractivity contribution >= 4 is 5.91 Å². The molecule has 5 nitrogen and oxygen atoms in total. The minimum Gasteiger partial charge on any atom is -0.342 e. The Kier molecular flexibility index (Phi) is 6.23. The van der Waals surface area contributed by atoms with Gasteiger partial charge in [-0.3, -0.25) is 14.8 Å². The van der Waals surface area contributed by atoms with E-state index in [1.807, 2.05) is 11.1 Å². The fraction of sp³-hybridized carbons (Fsp3) is 0.545. The molecule has 2 aliphatic rings. The number of amides is 1. The highest BCUT2D eigenvalue weighted by Gasteiger charge is 2.33. The van der Waals surface area contributed by atoms with Gasteiger partial charge in [-0.1, -0.05) is 12.1 Å². The van der Waals surface area contributed by atoms with Crippen LogP contribution in [0.5, 0.6) is 0 Å². The molecule has 1 amide bonds. The first-order valence-corrected chi connectivity index (χ1v) is 10.5. The highest BCUT2D eigenvalue weighted by atomic mass is 19.2. The molecule has 4 rings (SSSR count). The molecule has 3 heterocycles. The van der Waals surface area contributed by atoms with Gasteiger partial charge in [-0.25, -0.2) is 8.78 Å². The van der Waals surface area contributed by atoms with Gasteiger partial charge in [0.15, 0.2) is 11.6 Å². The van der Waals surface area contributed by atoms with Gasteiger partial charge in [0.05, 0.1) is 6.20 Å². The summed E-state index contributed by atoms with van der Waals surface area (Å²) in [7, 11) is 0. The summed E-state index contributed by atoms with van der Waals surface area (Å²) in [5.74, 6) is -0.111. The third-order valence-electron chi connectivity index (χ3n) is 6.48. The monoisotopic (exact) mass is 402 g/mol. The van der Waals surface area contributed by atoms with Gasteiger partial charge in [0.25, 0.3) is 0 Å². The van der Waals surface area contributed by atoms with E-state index in [-0.39, 0.29) is 5.91 Å². The van der Waals surface area contributed by atoms with Crippen LogP contribution in [-0.4, -0.2) is 52.1 Å². The standard InChI is InChI=1S/C22H28F2N4O/c23-20-3-1-2-19(22(20)24)14-27-9-6-17(7-10-27)18-8-11-28(15-18)21(29)5-4-16-12-25-26-13-16/h1-3,12-13,17-18H,4-11,14-15H2,(H,25,26)/t18-/m0/s1. The summed E-state index contributed by atoms with van der Waals surface area (Å²) >= 11 is 0. The number of likely N-dealkylation sites (tertiary alicyclic amines) is 2. The first kappa shape index (κ1) is 20.0. The van der Waals surface area contributed by atoms with Gasteiger partial charge in [0, 0.05) is 37.8 Å². The van der Waals surface area contributed by atoms with Crippen LogP contribution in [0.3, 0.4) is 0 Å². The molecule has 0 radical (unpaired) electrons. The quantitative estimate of drug-likeness (QED) is 0.806. The fourth-order valence-electron chi connectivity index (χ4n) is 4.72. The summed E-state index contributed by atoms with van der Waals surface area (Å²) < 4.78 is 27.3. The highest BCUT2D eigenvalue weighted by molar-refractivity contribution is 5.76. The number of carbonyl (C=O) groups is 1. The first-order chi connectivity index (χ1) is 14.1. The Labute approximate surface area is 170 Å². The van der Waals surface area contributed by atoms with E-state index in [2.05, 4.69) is 15.1 Å². The van der Waals surface area contributed by atoms with Crippen LogP contribution in [0.25, 0.3) is 0 Å². The van der Waals surface area contributed by atoms with Crippen LogP contribution < -0.4 is 0 Å². The average Bonchev–Trinajstić information content (AvgIpc) is 3.42. The molecule has 7 heteroatoms. The molecule has 29 heavy (non-hydrogen) atoms. The van der Waals surface area contributed by atoms with Gasteiger partial charge in [-0.15, -0.1) is 0 Å². The third kappa shape index (κ3) is 4.83. The number of piperidine rings is 1. The molecule has 0 bridgehead atoms. The number of benzene rings is 1. The predicted molar refractivity (Wildman–Crippen MR) is 106 cm³/mol. The lowest BCUT2D eigenvalue weighted by atomic mass is 9.83. The lowest BCUT2D eigenvalue weighted by Gasteiger charge is -2.35. The number of aromatic amines is 1. The van der Waals surface area contributed by atoms with Gasteiger partial charge < -0.3 is 4.90 Å². The van der Waals surface area contributed by atoms with E-state index in [0.29, 0.717) is 30.4 Å². The van der Waals surface area contributed by atoms with Crippen molar-refractivity contribution in [2.45, 2.75) is 38.6 Å². The van der Waals surface area contributed by atoms with Crippen molar-refractivity contribution in [1.82, 2.24) is 20.0 Å². The van der Waals surface area contributed by atoms with Crippen LogP contribution >= 0.6 is 0 Å². The second-order valence-corrected chi connectivity index (χ2v) is 8.32. The molecular weight excluding hydrogens is 374 g/mol. The van der Waals surface area contributed by atoms with E-state index < -0.39 is 11.6 Å². The van der Waals surface area contributed by atoms with Crippen LogP contribution in [0.4, 0.5) is 8.78 Å². The Morgan fingerprint density at radius 3 is 2.69 bits per heavy atom. The number of nitrogens with zero attached hydrogens (tertiary/aromatic N) is 3. The van der Waals surface area contributed by atoms with Crippen LogP contribution in [0.1, 0.15) is 36.8 Å². The number of hydrogen-bond acceptors (Lipinski definition) is 3. The number of aromatic nitrogens is 2. The van der Waals surface area contributed by atoms with E-state index in [9.17, 15) is 13.6 Å². The van der Waals surface area contributed by atoms with Gasteiger partial charge in [0.2, 0.25) is 5.91 Å². The number of hydrogen-bond donors (Lipinski definition) is 1. The number of rotatable bonds is 6. The molecule has 0 spiro atoms. The molecule has 1 aromatic heterocycles. The molecule has 2 saturated heterocycles.